The van der Waals surface area contributed by atoms with Crippen molar-refractivity contribution in [3.63, 3.8) is 0 Å². The van der Waals surface area contributed by atoms with Crippen LogP contribution in [0, 0.1) is 17.2 Å². The Morgan fingerprint density at radius 3 is 2.94 bits per heavy atom. The van der Waals surface area contributed by atoms with Gasteiger partial charge in [0.25, 0.3) is 0 Å². The van der Waals surface area contributed by atoms with Gasteiger partial charge in [0.15, 0.2) is 0 Å². The van der Waals surface area contributed by atoms with Crippen LogP contribution >= 0.6 is 0 Å². The number of amides is 1. The first kappa shape index (κ1) is 11.4. The van der Waals surface area contributed by atoms with Crippen LogP contribution in [0.4, 0.5) is 0 Å². The number of piperazine rings is 1. The van der Waals surface area contributed by atoms with Gasteiger partial charge in [-0.3, -0.25) is 9.69 Å². The fourth-order valence-corrected chi connectivity index (χ4v) is 2.91. The van der Waals surface area contributed by atoms with Gasteiger partial charge in [0.1, 0.15) is 0 Å². The molecule has 88 valence electrons. The molecule has 2 fully saturated rings. The lowest BCUT2D eigenvalue weighted by Crippen LogP contribution is -2.59. The van der Waals surface area contributed by atoms with E-state index in [1.807, 2.05) is 6.92 Å². The second kappa shape index (κ2) is 4.84. The maximum Gasteiger partial charge on any atom is 0.237 e. The summed E-state index contributed by atoms with van der Waals surface area (Å²) in [6.07, 6.45) is 4.40. The fourth-order valence-electron chi connectivity index (χ4n) is 2.91. The highest BCUT2D eigenvalue weighted by atomic mass is 16.2. The molecule has 3 atom stereocenters. The summed E-state index contributed by atoms with van der Waals surface area (Å²) in [5.41, 5.74) is 0. The van der Waals surface area contributed by atoms with Gasteiger partial charge in [0.05, 0.1) is 18.0 Å². The highest BCUT2D eigenvalue weighted by molar-refractivity contribution is 5.82. The van der Waals surface area contributed by atoms with Crippen molar-refractivity contribution in [2.45, 2.75) is 44.7 Å². The molecule has 2 rings (SSSR count). The second-order valence-electron chi connectivity index (χ2n) is 4.79. The van der Waals surface area contributed by atoms with Crippen LogP contribution in [0.5, 0.6) is 0 Å². The SMILES string of the molecule is CC1C(=O)NCCN1C1CCCCC1C#N. The van der Waals surface area contributed by atoms with Crippen LogP contribution in [0.25, 0.3) is 0 Å². The molecule has 4 nitrogen and oxygen atoms in total. The van der Waals surface area contributed by atoms with Crippen molar-refractivity contribution in [2.75, 3.05) is 13.1 Å². The Labute approximate surface area is 96.6 Å². The van der Waals surface area contributed by atoms with Crippen molar-refractivity contribution in [1.82, 2.24) is 10.2 Å². The molecular weight excluding hydrogens is 202 g/mol. The summed E-state index contributed by atoms with van der Waals surface area (Å²) in [5, 5.41) is 12.0. The van der Waals surface area contributed by atoms with E-state index in [0.717, 1.165) is 32.4 Å². The molecule has 0 spiro atoms. The zero-order valence-electron chi connectivity index (χ0n) is 9.78. The maximum atomic E-state index is 11.6. The normalized spacial score (nSPS) is 36.5. The minimum atomic E-state index is -0.0762. The van der Waals surface area contributed by atoms with Gasteiger partial charge in [0, 0.05) is 19.1 Å². The number of rotatable bonds is 1. The third-order valence-corrected chi connectivity index (χ3v) is 3.87. The number of carbonyl (C=O) groups excluding carboxylic acids is 1. The van der Waals surface area contributed by atoms with Gasteiger partial charge in [-0.15, -0.1) is 0 Å². The molecule has 1 heterocycles. The molecule has 1 saturated carbocycles. The van der Waals surface area contributed by atoms with Crippen molar-refractivity contribution in [2.24, 2.45) is 5.92 Å². The monoisotopic (exact) mass is 221 g/mol. The minimum absolute atomic E-state index is 0.0762. The van der Waals surface area contributed by atoms with E-state index < -0.39 is 0 Å². The summed E-state index contributed by atoms with van der Waals surface area (Å²) in [6, 6.07) is 2.63. The van der Waals surface area contributed by atoms with Crippen molar-refractivity contribution in [3.05, 3.63) is 0 Å². The predicted octanol–water partition coefficient (Wildman–Crippen LogP) is 0.889. The number of carbonyl (C=O) groups is 1. The highest BCUT2D eigenvalue weighted by Gasteiger charge is 2.36. The van der Waals surface area contributed by atoms with Crippen molar-refractivity contribution < 1.29 is 4.79 Å². The average Bonchev–Trinajstić information content (AvgIpc) is 2.33. The second-order valence-corrected chi connectivity index (χ2v) is 4.79. The van der Waals surface area contributed by atoms with E-state index in [-0.39, 0.29) is 17.9 Å². The van der Waals surface area contributed by atoms with Crippen LogP contribution in [0.2, 0.25) is 0 Å². The zero-order valence-corrected chi connectivity index (χ0v) is 9.78. The summed E-state index contributed by atoms with van der Waals surface area (Å²) < 4.78 is 0. The predicted molar refractivity (Wildman–Crippen MR) is 60.5 cm³/mol. The first-order chi connectivity index (χ1) is 7.74. The van der Waals surface area contributed by atoms with Crippen LogP contribution < -0.4 is 5.32 Å². The maximum absolute atomic E-state index is 11.6. The van der Waals surface area contributed by atoms with Crippen molar-refractivity contribution >= 4 is 5.91 Å². The van der Waals surface area contributed by atoms with Gasteiger partial charge >= 0.3 is 0 Å². The van der Waals surface area contributed by atoms with Gasteiger partial charge in [-0.05, 0) is 19.8 Å². The summed E-state index contributed by atoms with van der Waals surface area (Å²) in [5.74, 6) is 0.218. The molecule has 0 bridgehead atoms. The number of nitrogens with one attached hydrogen (secondary N) is 1. The molecule has 0 aromatic carbocycles. The van der Waals surface area contributed by atoms with E-state index in [1.54, 1.807) is 0 Å². The van der Waals surface area contributed by atoms with Gasteiger partial charge in [-0.1, -0.05) is 12.8 Å². The molecule has 0 aromatic heterocycles. The minimum Gasteiger partial charge on any atom is -0.353 e. The zero-order chi connectivity index (χ0) is 11.5. The number of hydrogen-bond donors (Lipinski definition) is 1. The van der Waals surface area contributed by atoms with Gasteiger partial charge in [-0.2, -0.15) is 5.26 Å². The van der Waals surface area contributed by atoms with E-state index >= 15 is 0 Å². The smallest absolute Gasteiger partial charge is 0.237 e. The Kier molecular flexibility index (Phi) is 3.45. The molecule has 16 heavy (non-hydrogen) atoms. The molecule has 1 aliphatic carbocycles. The average molecular weight is 221 g/mol. The quantitative estimate of drug-likeness (QED) is 0.715. The van der Waals surface area contributed by atoms with E-state index in [4.69, 9.17) is 5.26 Å². The molecule has 1 amide bonds. The van der Waals surface area contributed by atoms with Gasteiger partial charge < -0.3 is 5.32 Å². The third-order valence-electron chi connectivity index (χ3n) is 3.87. The van der Waals surface area contributed by atoms with E-state index in [0.29, 0.717) is 6.04 Å². The van der Waals surface area contributed by atoms with Crippen LogP contribution in [0.3, 0.4) is 0 Å². The third kappa shape index (κ3) is 2.05. The summed E-state index contributed by atoms with van der Waals surface area (Å²) in [7, 11) is 0. The molecule has 0 radical (unpaired) electrons. The summed E-state index contributed by atoms with van der Waals surface area (Å²) >= 11 is 0. The topological polar surface area (TPSA) is 56.1 Å². The first-order valence-electron chi connectivity index (χ1n) is 6.17. The Balaban J connectivity index is 2.09. The molecular formula is C12H19N3O. The number of hydrogen-bond acceptors (Lipinski definition) is 3. The van der Waals surface area contributed by atoms with Crippen molar-refractivity contribution in [1.29, 1.82) is 5.26 Å². The summed E-state index contributed by atoms with van der Waals surface area (Å²) in [6.45, 7) is 3.55. The molecule has 2 aliphatic rings. The highest BCUT2D eigenvalue weighted by Crippen LogP contribution is 2.29. The lowest BCUT2D eigenvalue weighted by atomic mass is 9.83. The molecule has 4 heteroatoms. The van der Waals surface area contributed by atoms with Crippen molar-refractivity contribution in [3.8, 4) is 6.07 Å². The standard InChI is InChI=1S/C12H19N3O/c1-9-12(16)14-6-7-15(9)11-5-3-2-4-10(11)8-13/h9-11H,2-7H2,1H3,(H,14,16). The Morgan fingerprint density at radius 2 is 2.19 bits per heavy atom. The van der Waals surface area contributed by atoms with Gasteiger partial charge in [-0.25, -0.2) is 0 Å². The Morgan fingerprint density at radius 1 is 1.44 bits per heavy atom. The summed E-state index contributed by atoms with van der Waals surface area (Å²) in [4.78, 5) is 13.8. The molecule has 0 aromatic rings. The van der Waals surface area contributed by atoms with Crippen LogP contribution in [0.1, 0.15) is 32.6 Å². The van der Waals surface area contributed by atoms with E-state index in [9.17, 15) is 4.79 Å². The molecule has 3 unspecified atom stereocenters. The van der Waals surface area contributed by atoms with E-state index in [2.05, 4.69) is 16.3 Å². The molecule has 1 N–H and O–H groups in total. The van der Waals surface area contributed by atoms with Crippen LogP contribution in [-0.2, 0) is 4.79 Å². The van der Waals surface area contributed by atoms with Gasteiger partial charge in [0.2, 0.25) is 5.91 Å². The largest absolute Gasteiger partial charge is 0.353 e. The Hall–Kier alpha value is -1.08. The van der Waals surface area contributed by atoms with E-state index in [1.165, 1.54) is 6.42 Å². The lowest BCUT2D eigenvalue weighted by Gasteiger charge is -2.42. The number of nitriles is 1. The lowest BCUT2D eigenvalue weighted by molar-refractivity contribution is -0.130. The molecule has 1 aliphatic heterocycles. The first-order valence-corrected chi connectivity index (χ1v) is 6.17. The van der Waals surface area contributed by atoms with Crippen LogP contribution in [-0.4, -0.2) is 36.0 Å². The fraction of sp³-hybridized carbons (Fsp3) is 0.833. The Bertz CT molecular complexity index is 310. The molecule has 1 saturated heterocycles. The number of nitrogens with zero attached hydrogens (tertiary/aromatic N) is 2. The van der Waals surface area contributed by atoms with Crippen LogP contribution in [0.15, 0.2) is 0 Å².